The number of ether oxygens (including phenoxy) is 2. The van der Waals surface area contributed by atoms with Gasteiger partial charge in [0.15, 0.2) is 0 Å². The maximum Gasteiger partial charge on any atom is 0.295 e. The van der Waals surface area contributed by atoms with Crippen LogP contribution >= 0.6 is 0 Å². The molecule has 1 fully saturated rings. The third-order valence-corrected chi connectivity index (χ3v) is 6.31. The Kier molecular flexibility index (Phi) is 6.23. The van der Waals surface area contributed by atoms with Gasteiger partial charge in [-0.2, -0.15) is 0 Å². The molecule has 1 aromatic heterocycles. The summed E-state index contributed by atoms with van der Waals surface area (Å²) in [6.07, 6.45) is 1.79. The molecular weight excluding hydrogens is 432 g/mol. The number of hydrogen-bond acceptors (Lipinski definition) is 5. The van der Waals surface area contributed by atoms with Crippen molar-refractivity contribution < 1.29 is 24.2 Å². The molecule has 1 aliphatic heterocycles. The van der Waals surface area contributed by atoms with E-state index in [2.05, 4.69) is 25.8 Å². The molecule has 2 aromatic carbocycles. The summed E-state index contributed by atoms with van der Waals surface area (Å²) in [6, 6.07) is 12.4. The number of aromatic nitrogens is 1. The van der Waals surface area contributed by atoms with Crippen molar-refractivity contribution in [2.45, 2.75) is 32.2 Å². The van der Waals surface area contributed by atoms with Gasteiger partial charge >= 0.3 is 0 Å². The molecule has 1 unspecified atom stereocenters. The van der Waals surface area contributed by atoms with Crippen molar-refractivity contribution in [3.63, 3.8) is 0 Å². The number of likely N-dealkylation sites (tertiary alicyclic amines) is 1. The number of aromatic amines is 1. The predicted molar refractivity (Wildman–Crippen MR) is 131 cm³/mol. The number of nitrogens with zero attached hydrogens (tertiary/aromatic N) is 1. The summed E-state index contributed by atoms with van der Waals surface area (Å²) < 4.78 is 10.7. The van der Waals surface area contributed by atoms with E-state index in [4.69, 9.17) is 9.47 Å². The minimum atomic E-state index is -0.769. The van der Waals surface area contributed by atoms with Gasteiger partial charge in [0.05, 0.1) is 30.9 Å². The normalized spacial score (nSPS) is 18.1. The number of Topliss-reactive ketones (excluding diaryl/α,β-unsaturated/α-hetero) is 1. The lowest BCUT2D eigenvalue weighted by Gasteiger charge is -2.25. The average Bonchev–Trinajstić information content (AvgIpc) is 3.35. The third-order valence-electron chi connectivity index (χ3n) is 6.31. The van der Waals surface area contributed by atoms with E-state index in [0.717, 1.165) is 22.0 Å². The molecule has 0 radical (unpaired) electrons. The molecule has 2 heterocycles. The first-order chi connectivity index (χ1) is 16.2. The van der Waals surface area contributed by atoms with E-state index in [-0.39, 0.29) is 29.9 Å². The van der Waals surface area contributed by atoms with Crippen molar-refractivity contribution >= 4 is 28.4 Å². The minimum Gasteiger partial charge on any atom is -0.507 e. The molecule has 0 bridgehead atoms. The Labute approximate surface area is 199 Å². The number of carbonyl (C=O) groups excluding carboxylic acids is 2. The molecule has 2 N–H and O–H groups in total. The topological polar surface area (TPSA) is 91.9 Å². The molecule has 7 nitrogen and oxygen atoms in total. The van der Waals surface area contributed by atoms with E-state index in [9.17, 15) is 14.7 Å². The molecule has 0 saturated carbocycles. The summed E-state index contributed by atoms with van der Waals surface area (Å²) in [5.74, 6) is -1.23. The molecular formula is C27H30N2O5. The van der Waals surface area contributed by atoms with Gasteiger partial charge in [-0.1, -0.05) is 45.0 Å². The standard InChI is InChI=1S/C27H30N2O5/c1-27(2,3)16-10-11-21(34-5)18(14-16)24(30)22-23(29(12-13-33-4)26(32)25(22)31)19-15-28-20-9-7-6-8-17(19)20/h6-11,14-15,23,28,30H,12-13H2,1-5H3/b24-22+. The van der Waals surface area contributed by atoms with Gasteiger partial charge in [-0.3, -0.25) is 9.59 Å². The van der Waals surface area contributed by atoms with E-state index in [1.165, 1.54) is 12.0 Å². The molecule has 178 valence electrons. The second kappa shape index (κ2) is 8.99. The lowest BCUT2D eigenvalue weighted by molar-refractivity contribution is -0.140. The number of amides is 1. The number of para-hydroxylation sites is 1. The van der Waals surface area contributed by atoms with Crippen LogP contribution in [0.1, 0.15) is 43.5 Å². The van der Waals surface area contributed by atoms with Gasteiger partial charge in [0, 0.05) is 36.3 Å². The molecule has 1 amide bonds. The van der Waals surface area contributed by atoms with Crippen LogP contribution in [0.3, 0.4) is 0 Å². The zero-order valence-corrected chi connectivity index (χ0v) is 20.1. The number of aliphatic hydroxyl groups excluding tert-OH is 1. The largest absolute Gasteiger partial charge is 0.507 e. The molecule has 1 atom stereocenters. The zero-order valence-electron chi connectivity index (χ0n) is 20.1. The summed E-state index contributed by atoms with van der Waals surface area (Å²) >= 11 is 0. The lowest BCUT2D eigenvalue weighted by Crippen LogP contribution is -2.32. The third kappa shape index (κ3) is 3.96. The van der Waals surface area contributed by atoms with Crippen LogP contribution in [0, 0.1) is 0 Å². The molecule has 7 heteroatoms. The average molecular weight is 463 g/mol. The van der Waals surface area contributed by atoms with Crippen LogP contribution < -0.4 is 4.74 Å². The zero-order chi connectivity index (χ0) is 24.6. The van der Waals surface area contributed by atoms with Gasteiger partial charge < -0.3 is 24.5 Å². The van der Waals surface area contributed by atoms with Crippen molar-refractivity contribution in [2.24, 2.45) is 0 Å². The first kappa shape index (κ1) is 23.6. The molecule has 0 spiro atoms. The number of ketones is 1. The fourth-order valence-corrected chi connectivity index (χ4v) is 4.45. The SMILES string of the molecule is COCCN1C(=O)C(=O)/C(=C(/O)c2cc(C(C)(C)C)ccc2OC)C1c1c[nH]c2ccccc12. The summed E-state index contributed by atoms with van der Waals surface area (Å²) in [5, 5.41) is 12.4. The Morgan fingerprint density at radius 1 is 1.12 bits per heavy atom. The summed E-state index contributed by atoms with van der Waals surface area (Å²) in [6.45, 7) is 6.66. The first-order valence-corrected chi connectivity index (χ1v) is 11.2. The fraction of sp³-hybridized carbons (Fsp3) is 0.333. The Morgan fingerprint density at radius 2 is 1.85 bits per heavy atom. The maximum absolute atomic E-state index is 13.3. The number of methoxy groups -OCH3 is 2. The van der Waals surface area contributed by atoms with Crippen molar-refractivity contribution in [2.75, 3.05) is 27.4 Å². The fourth-order valence-electron chi connectivity index (χ4n) is 4.45. The van der Waals surface area contributed by atoms with E-state index in [0.29, 0.717) is 11.3 Å². The Morgan fingerprint density at radius 3 is 2.53 bits per heavy atom. The van der Waals surface area contributed by atoms with Crippen LogP contribution in [0.15, 0.2) is 54.2 Å². The predicted octanol–water partition coefficient (Wildman–Crippen LogP) is 4.54. The van der Waals surface area contributed by atoms with Crippen LogP contribution in [0.5, 0.6) is 5.75 Å². The van der Waals surface area contributed by atoms with Crippen LogP contribution in [0.25, 0.3) is 16.7 Å². The number of hydrogen-bond donors (Lipinski definition) is 2. The lowest BCUT2D eigenvalue weighted by atomic mass is 9.85. The Hall–Kier alpha value is -3.58. The first-order valence-electron chi connectivity index (χ1n) is 11.2. The summed E-state index contributed by atoms with van der Waals surface area (Å²) in [5.41, 5.74) is 2.80. The van der Waals surface area contributed by atoms with E-state index >= 15 is 0 Å². The molecule has 3 aromatic rings. The molecule has 0 aliphatic carbocycles. The van der Waals surface area contributed by atoms with Gasteiger partial charge in [-0.25, -0.2) is 0 Å². The minimum absolute atomic E-state index is 0.0372. The molecule has 34 heavy (non-hydrogen) atoms. The molecule has 4 rings (SSSR count). The van der Waals surface area contributed by atoms with Crippen LogP contribution in [-0.4, -0.2) is 54.1 Å². The Balaban J connectivity index is 1.97. The number of H-pyrrole nitrogens is 1. The van der Waals surface area contributed by atoms with E-state index < -0.39 is 17.7 Å². The highest BCUT2D eigenvalue weighted by atomic mass is 16.5. The number of benzene rings is 2. The van der Waals surface area contributed by atoms with Crippen LogP contribution in [-0.2, 0) is 19.7 Å². The smallest absolute Gasteiger partial charge is 0.295 e. The highest BCUT2D eigenvalue weighted by molar-refractivity contribution is 6.46. The highest BCUT2D eigenvalue weighted by Gasteiger charge is 2.47. The monoisotopic (exact) mass is 462 g/mol. The van der Waals surface area contributed by atoms with E-state index in [1.54, 1.807) is 19.4 Å². The van der Waals surface area contributed by atoms with Crippen LogP contribution in [0.2, 0.25) is 0 Å². The van der Waals surface area contributed by atoms with Gasteiger partial charge in [0.25, 0.3) is 11.7 Å². The van der Waals surface area contributed by atoms with Crippen molar-refractivity contribution in [3.05, 3.63) is 70.9 Å². The van der Waals surface area contributed by atoms with Crippen molar-refractivity contribution in [1.82, 2.24) is 9.88 Å². The second-order valence-electron chi connectivity index (χ2n) is 9.44. The number of carbonyl (C=O) groups is 2. The molecule has 1 aliphatic rings. The molecule has 1 saturated heterocycles. The van der Waals surface area contributed by atoms with Crippen molar-refractivity contribution in [3.8, 4) is 5.75 Å². The summed E-state index contributed by atoms with van der Waals surface area (Å²) in [7, 11) is 3.05. The van der Waals surface area contributed by atoms with E-state index in [1.807, 2.05) is 36.4 Å². The van der Waals surface area contributed by atoms with Crippen LogP contribution in [0.4, 0.5) is 0 Å². The second-order valence-corrected chi connectivity index (χ2v) is 9.44. The number of rotatable bonds is 6. The number of nitrogens with one attached hydrogen (secondary N) is 1. The number of fused-ring (bicyclic) bond motifs is 1. The van der Waals surface area contributed by atoms with Gasteiger partial charge in [-0.05, 0) is 29.2 Å². The summed E-state index contributed by atoms with van der Waals surface area (Å²) in [4.78, 5) is 31.1. The van der Waals surface area contributed by atoms with Gasteiger partial charge in [0.2, 0.25) is 0 Å². The van der Waals surface area contributed by atoms with Crippen molar-refractivity contribution in [1.29, 1.82) is 0 Å². The van der Waals surface area contributed by atoms with Gasteiger partial charge in [-0.15, -0.1) is 0 Å². The van der Waals surface area contributed by atoms with Gasteiger partial charge in [0.1, 0.15) is 11.5 Å². The highest BCUT2D eigenvalue weighted by Crippen LogP contribution is 2.43. The number of aliphatic hydroxyl groups is 1. The quantitative estimate of drug-likeness (QED) is 0.319. The maximum atomic E-state index is 13.3. The Bertz CT molecular complexity index is 1280.